The van der Waals surface area contributed by atoms with Crippen molar-refractivity contribution in [2.24, 2.45) is 0 Å². The van der Waals surface area contributed by atoms with Gasteiger partial charge in [-0.15, -0.1) is 0 Å². The van der Waals surface area contributed by atoms with Gasteiger partial charge in [-0.1, -0.05) is 30.3 Å². The molecule has 0 aliphatic carbocycles. The highest BCUT2D eigenvalue weighted by molar-refractivity contribution is 6.50. The number of benzene rings is 2. The van der Waals surface area contributed by atoms with Crippen molar-refractivity contribution in [1.82, 2.24) is 19.8 Å². The molecule has 0 bridgehead atoms. The van der Waals surface area contributed by atoms with Crippen LogP contribution in [0.15, 0.2) is 54.9 Å². The lowest BCUT2D eigenvalue weighted by atomic mass is 9.95. The Labute approximate surface area is 198 Å². The smallest absolute Gasteiger partial charge is 0.259 e. The van der Waals surface area contributed by atoms with Crippen molar-refractivity contribution in [2.75, 3.05) is 27.7 Å². The van der Waals surface area contributed by atoms with Crippen LogP contribution in [0.1, 0.15) is 16.7 Å². The molecule has 0 fully saturated rings. The molecule has 2 amide bonds. The van der Waals surface area contributed by atoms with Gasteiger partial charge in [-0.25, -0.2) is 0 Å². The average Bonchev–Trinajstić information content (AvgIpc) is 3.45. The lowest BCUT2D eigenvalue weighted by molar-refractivity contribution is -0.122. The summed E-state index contributed by atoms with van der Waals surface area (Å²) >= 11 is 0. The van der Waals surface area contributed by atoms with Crippen LogP contribution < -0.4 is 5.32 Å². The SMILES string of the molecule is COC(CN(C)C)Cn1cc(C2=C(c3c[nH]c4ccccc34)C(=O)NC2=O)c2ccc(C)cc21. The molecule has 3 heterocycles. The fourth-order valence-electron chi connectivity index (χ4n) is 4.83. The van der Waals surface area contributed by atoms with Gasteiger partial charge in [-0.3, -0.25) is 14.9 Å². The van der Waals surface area contributed by atoms with Crippen molar-refractivity contribution in [3.8, 4) is 0 Å². The number of aryl methyl sites for hydroxylation is 1. The molecule has 7 nitrogen and oxygen atoms in total. The van der Waals surface area contributed by atoms with Gasteiger partial charge in [0.2, 0.25) is 0 Å². The molecule has 174 valence electrons. The van der Waals surface area contributed by atoms with Gasteiger partial charge in [0.25, 0.3) is 11.8 Å². The predicted octanol–water partition coefficient (Wildman–Crippen LogP) is 3.57. The van der Waals surface area contributed by atoms with E-state index in [4.69, 9.17) is 4.74 Å². The largest absolute Gasteiger partial charge is 0.378 e. The second-order valence-electron chi connectivity index (χ2n) is 9.12. The number of aromatic nitrogens is 2. The molecule has 1 unspecified atom stereocenters. The van der Waals surface area contributed by atoms with Gasteiger partial charge in [0.1, 0.15) is 0 Å². The number of fused-ring (bicyclic) bond motifs is 2. The number of nitrogens with one attached hydrogen (secondary N) is 2. The minimum absolute atomic E-state index is 0.0277. The van der Waals surface area contributed by atoms with Gasteiger partial charge < -0.3 is 19.2 Å². The quantitative estimate of drug-likeness (QED) is 0.417. The molecule has 0 radical (unpaired) electrons. The Morgan fingerprint density at radius 3 is 2.47 bits per heavy atom. The van der Waals surface area contributed by atoms with Crippen molar-refractivity contribution in [2.45, 2.75) is 19.6 Å². The number of para-hydroxylation sites is 1. The van der Waals surface area contributed by atoms with Crippen LogP contribution in [0, 0.1) is 6.92 Å². The molecule has 2 N–H and O–H groups in total. The molecular formula is C27H28N4O3. The molecule has 1 aliphatic rings. The number of nitrogens with zero attached hydrogens (tertiary/aromatic N) is 2. The Morgan fingerprint density at radius 1 is 1.00 bits per heavy atom. The second-order valence-corrected chi connectivity index (χ2v) is 9.12. The van der Waals surface area contributed by atoms with Crippen molar-refractivity contribution >= 4 is 44.8 Å². The molecule has 34 heavy (non-hydrogen) atoms. The molecule has 0 saturated carbocycles. The molecule has 4 aromatic rings. The van der Waals surface area contributed by atoms with Crippen LogP contribution in [-0.2, 0) is 20.9 Å². The number of hydrogen-bond donors (Lipinski definition) is 2. The standard InChI is InChI=1S/C27H28N4O3/c1-16-9-10-19-21(15-31(23(19)11-16)14-17(34-4)13-30(2)3)25-24(26(32)29-27(25)33)20-12-28-22-8-6-5-7-18(20)22/h5-12,15,17,28H,13-14H2,1-4H3,(H,29,32,33). The Kier molecular flexibility index (Phi) is 5.59. The van der Waals surface area contributed by atoms with E-state index in [9.17, 15) is 9.59 Å². The molecule has 1 aliphatic heterocycles. The Morgan fingerprint density at radius 2 is 1.74 bits per heavy atom. The van der Waals surface area contributed by atoms with Crippen LogP contribution in [0.5, 0.6) is 0 Å². The first-order valence-corrected chi connectivity index (χ1v) is 11.3. The maximum Gasteiger partial charge on any atom is 0.259 e. The lowest BCUT2D eigenvalue weighted by Crippen LogP contribution is -2.31. The van der Waals surface area contributed by atoms with E-state index in [-0.39, 0.29) is 17.9 Å². The normalized spacial score (nSPS) is 15.2. The summed E-state index contributed by atoms with van der Waals surface area (Å²) in [6.45, 7) is 3.44. The fraction of sp³-hybridized carbons (Fsp3) is 0.259. The average molecular weight is 457 g/mol. The van der Waals surface area contributed by atoms with Crippen molar-refractivity contribution in [1.29, 1.82) is 0 Å². The molecule has 1 atom stereocenters. The van der Waals surface area contributed by atoms with E-state index < -0.39 is 0 Å². The first-order valence-electron chi connectivity index (χ1n) is 11.3. The van der Waals surface area contributed by atoms with Crippen LogP contribution in [0.3, 0.4) is 0 Å². The Bertz CT molecular complexity index is 1460. The molecule has 2 aromatic heterocycles. The van der Waals surface area contributed by atoms with E-state index in [1.165, 1.54) is 0 Å². The van der Waals surface area contributed by atoms with Crippen molar-refractivity contribution < 1.29 is 14.3 Å². The van der Waals surface area contributed by atoms with Gasteiger partial charge in [-0.05, 0) is 38.7 Å². The van der Waals surface area contributed by atoms with Crippen LogP contribution in [0.2, 0.25) is 0 Å². The summed E-state index contributed by atoms with van der Waals surface area (Å²) in [5.41, 5.74) is 5.33. The van der Waals surface area contributed by atoms with Crippen molar-refractivity contribution in [3.63, 3.8) is 0 Å². The summed E-state index contributed by atoms with van der Waals surface area (Å²) < 4.78 is 7.86. The van der Waals surface area contributed by atoms with Gasteiger partial charge in [0.15, 0.2) is 0 Å². The number of methoxy groups -OCH3 is 1. The number of amides is 2. The van der Waals surface area contributed by atoms with Gasteiger partial charge >= 0.3 is 0 Å². The van der Waals surface area contributed by atoms with E-state index in [2.05, 4.69) is 25.8 Å². The summed E-state index contributed by atoms with van der Waals surface area (Å²) in [5.74, 6) is -0.748. The van der Waals surface area contributed by atoms with E-state index in [1.54, 1.807) is 13.3 Å². The number of ether oxygens (including phenoxy) is 1. The number of rotatable bonds is 7. The first-order chi connectivity index (χ1) is 16.4. The number of H-pyrrole nitrogens is 1. The zero-order valence-electron chi connectivity index (χ0n) is 19.8. The number of carbonyl (C=O) groups excluding carboxylic acids is 2. The third-order valence-corrected chi connectivity index (χ3v) is 6.40. The monoisotopic (exact) mass is 456 g/mol. The molecule has 5 rings (SSSR count). The summed E-state index contributed by atoms with van der Waals surface area (Å²) in [4.78, 5) is 31.5. The number of aromatic amines is 1. The van der Waals surface area contributed by atoms with E-state index in [0.29, 0.717) is 17.7 Å². The molecule has 2 aromatic carbocycles. The predicted molar refractivity (Wildman–Crippen MR) is 134 cm³/mol. The first kappa shape index (κ1) is 22.1. The van der Waals surface area contributed by atoms with E-state index in [1.807, 2.05) is 63.6 Å². The van der Waals surface area contributed by atoms with Crippen LogP contribution in [-0.4, -0.2) is 60.1 Å². The van der Waals surface area contributed by atoms with Gasteiger partial charge in [-0.2, -0.15) is 0 Å². The summed E-state index contributed by atoms with van der Waals surface area (Å²) in [7, 11) is 5.75. The van der Waals surface area contributed by atoms with Crippen LogP contribution in [0.4, 0.5) is 0 Å². The highest BCUT2D eigenvalue weighted by Gasteiger charge is 2.35. The number of hydrogen-bond acceptors (Lipinski definition) is 4. The number of likely N-dealkylation sites (N-methyl/N-ethyl adjacent to an activating group) is 1. The van der Waals surface area contributed by atoms with E-state index in [0.717, 1.165) is 45.0 Å². The second kappa shape index (κ2) is 8.59. The van der Waals surface area contributed by atoms with E-state index >= 15 is 0 Å². The van der Waals surface area contributed by atoms with Crippen molar-refractivity contribution in [3.05, 3.63) is 71.5 Å². The summed E-state index contributed by atoms with van der Waals surface area (Å²) in [6, 6.07) is 14.0. The molecular weight excluding hydrogens is 428 g/mol. The third-order valence-electron chi connectivity index (χ3n) is 6.40. The maximum atomic E-state index is 13.1. The van der Waals surface area contributed by atoms with Crippen LogP contribution in [0.25, 0.3) is 33.0 Å². The molecule has 0 spiro atoms. The molecule has 7 heteroatoms. The fourth-order valence-corrected chi connectivity index (χ4v) is 4.83. The zero-order chi connectivity index (χ0) is 24.0. The third kappa shape index (κ3) is 3.73. The summed E-state index contributed by atoms with van der Waals surface area (Å²) in [5, 5.41) is 4.37. The number of imide groups is 1. The lowest BCUT2D eigenvalue weighted by Gasteiger charge is -2.20. The minimum atomic E-state index is -0.375. The Hall–Kier alpha value is -3.68. The number of carbonyl (C=O) groups is 2. The van der Waals surface area contributed by atoms with Gasteiger partial charge in [0.05, 0.1) is 23.8 Å². The highest BCUT2D eigenvalue weighted by Crippen LogP contribution is 2.38. The topological polar surface area (TPSA) is 79.4 Å². The zero-order valence-corrected chi connectivity index (χ0v) is 19.8. The minimum Gasteiger partial charge on any atom is -0.378 e. The van der Waals surface area contributed by atoms with Crippen LogP contribution >= 0.6 is 0 Å². The molecule has 0 saturated heterocycles. The maximum absolute atomic E-state index is 13.1. The summed E-state index contributed by atoms with van der Waals surface area (Å²) in [6.07, 6.45) is 3.76. The Balaban J connectivity index is 1.72. The highest BCUT2D eigenvalue weighted by atomic mass is 16.5. The van der Waals surface area contributed by atoms with Gasteiger partial charge in [0, 0.05) is 59.0 Å².